The average molecular weight is 235 g/mol. The van der Waals surface area contributed by atoms with Crippen LogP contribution in [0.15, 0.2) is 4.79 Å². The highest BCUT2D eigenvalue weighted by Gasteiger charge is 2.21. The fourth-order valence-corrected chi connectivity index (χ4v) is 2.65. The van der Waals surface area contributed by atoms with Crippen molar-refractivity contribution < 1.29 is 0 Å². The molecular formula is C13H21N3O. The maximum atomic E-state index is 12.0. The standard InChI is InChI=1S/C13H21N3O/c1-2-11-10(7-8-14)13(17)16-12(15-11)9-5-3-4-6-9/h9H,2-8,14H2,1H3,(H,15,16,17). The number of aromatic nitrogens is 2. The summed E-state index contributed by atoms with van der Waals surface area (Å²) < 4.78 is 0. The van der Waals surface area contributed by atoms with Crippen molar-refractivity contribution in [1.29, 1.82) is 0 Å². The number of nitrogens with zero attached hydrogens (tertiary/aromatic N) is 1. The molecule has 94 valence electrons. The van der Waals surface area contributed by atoms with Crippen LogP contribution in [0, 0.1) is 0 Å². The maximum absolute atomic E-state index is 12.0. The molecule has 0 unspecified atom stereocenters. The van der Waals surface area contributed by atoms with Gasteiger partial charge in [-0.3, -0.25) is 4.79 Å². The second-order valence-corrected chi connectivity index (χ2v) is 4.75. The van der Waals surface area contributed by atoms with Crippen LogP contribution in [0.1, 0.15) is 55.6 Å². The van der Waals surface area contributed by atoms with Gasteiger partial charge in [0.2, 0.25) is 0 Å². The minimum atomic E-state index is 0.0178. The smallest absolute Gasteiger partial charge is 0.254 e. The molecule has 2 rings (SSSR count). The first-order valence-corrected chi connectivity index (χ1v) is 6.58. The van der Waals surface area contributed by atoms with E-state index in [0.717, 1.165) is 36.3 Å². The topological polar surface area (TPSA) is 71.8 Å². The zero-order chi connectivity index (χ0) is 12.3. The molecule has 0 spiro atoms. The molecule has 0 radical (unpaired) electrons. The summed E-state index contributed by atoms with van der Waals surface area (Å²) in [7, 11) is 0. The maximum Gasteiger partial charge on any atom is 0.254 e. The van der Waals surface area contributed by atoms with Crippen molar-refractivity contribution in [3.63, 3.8) is 0 Å². The molecule has 1 aliphatic carbocycles. The van der Waals surface area contributed by atoms with E-state index in [1.54, 1.807) is 0 Å². The van der Waals surface area contributed by atoms with Gasteiger partial charge in [-0.15, -0.1) is 0 Å². The summed E-state index contributed by atoms with van der Waals surface area (Å²) in [6, 6.07) is 0. The fourth-order valence-electron chi connectivity index (χ4n) is 2.65. The van der Waals surface area contributed by atoms with Crippen LogP contribution in [0.5, 0.6) is 0 Å². The molecule has 1 heterocycles. The van der Waals surface area contributed by atoms with Gasteiger partial charge in [0.05, 0.1) is 5.69 Å². The molecule has 1 aromatic rings. The van der Waals surface area contributed by atoms with Crippen molar-refractivity contribution in [1.82, 2.24) is 9.97 Å². The van der Waals surface area contributed by atoms with E-state index in [0.29, 0.717) is 18.9 Å². The molecule has 0 aromatic carbocycles. The first kappa shape index (κ1) is 12.3. The summed E-state index contributed by atoms with van der Waals surface area (Å²) >= 11 is 0. The number of aryl methyl sites for hydroxylation is 1. The number of aromatic amines is 1. The third-order valence-electron chi connectivity index (χ3n) is 3.59. The molecular weight excluding hydrogens is 214 g/mol. The Morgan fingerprint density at radius 3 is 2.71 bits per heavy atom. The second kappa shape index (κ2) is 5.45. The highest BCUT2D eigenvalue weighted by molar-refractivity contribution is 5.19. The summed E-state index contributed by atoms with van der Waals surface area (Å²) in [5.41, 5.74) is 7.26. The zero-order valence-corrected chi connectivity index (χ0v) is 10.5. The Morgan fingerprint density at radius 1 is 1.41 bits per heavy atom. The van der Waals surface area contributed by atoms with E-state index in [-0.39, 0.29) is 5.56 Å². The predicted octanol–water partition coefficient (Wildman–Crippen LogP) is 1.49. The van der Waals surface area contributed by atoms with Crippen LogP contribution in [-0.2, 0) is 12.8 Å². The van der Waals surface area contributed by atoms with Crippen LogP contribution in [0.2, 0.25) is 0 Å². The van der Waals surface area contributed by atoms with Crippen LogP contribution in [0.25, 0.3) is 0 Å². The van der Waals surface area contributed by atoms with Gasteiger partial charge in [0.1, 0.15) is 5.82 Å². The van der Waals surface area contributed by atoms with Crippen molar-refractivity contribution in [2.24, 2.45) is 5.73 Å². The molecule has 4 nitrogen and oxygen atoms in total. The Hall–Kier alpha value is -1.16. The first-order valence-electron chi connectivity index (χ1n) is 6.58. The molecule has 0 atom stereocenters. The SMILES string of the molecule is CCc1nc(C2CCCC2)[nH]c(=O)c1CCN. The van der Waals surface area contributed by atoms with E-state index in [9.17, 15) is 4.79 Å². The molecule has 1 aliphatic rings. The van der Waals surface area contributed by atoms with Crippen LogP contribution in [0.4, 0.5) is 0 Å². The van der Waals surface area contributed by atoms with E-state index in [1.165, 1.54) is 12.8 Å². The third kappa shape index (κ3) is 2.57. The zero-order valence-electron chi connectivity index (χ0n) is 10.5. The molecule has 1 fully saturated rings. The van der Waals surface area contributed by atoms with E-state index >= 15 is 0 Å². The molecule has 1 aromatic heterocycles. The van der Waals surface area contributed by atoms with Crippen molar-refractivity contribution >= 4 is 0 Å². The van der Waals surface area contributed by atoms with Gasteiger partial charge in [0.25, 0.3) is 5.56 Å². The molecule has 17 heavy (non-hydrogen) atoms. The Bertz CT molecular complexity index is 433. The lowest BCUT2D eigenvalue weighted by atomic mass is 10.1. The largest absolute Gasteiger partial charge is 0.330 e. The van der Waals surface area contributed by atoms with Crippen LogP contribution in [0.3, 0.4) is 0 Å². The van der Waals surface area contributed by atoms with Gasteiger partial charge in [-0.05, 0) is 32.2 Å². The number of nitrogens with two attached hydrogens (primary N) is 1. The molecule has 0 bridgehead atoms. The van der Waals surface area contributed by atoms with Gasteiger partial charge in [-0.2, -0.15) is 0 Å². The normalized spacial score (nSPS) is 16.6. The van der Waals surface area contributed by atoms with Gasteiger partial charge >= 0.3 is 0 Å². The lowest BCUT2D eigenvalue weighted by molar-refractivity contribution is 0.651. The molecule has 0 saturated heterocycles. The Kier molecular flexibility index (Phi) is 3.94. The number of hydrogen-bond donors (Lipinski definition) is 2. The molecule has 0 amide bonds. The summed E-state index contributed by atoms with van der Waals surface area (Å²) in [5.74, 6) is 1.35. The van der Waals surface area contributed by atoms with E-state index < -0.39 is 0 Å². The average Bonchev–Trinajstić information content (AvgIpc) is 2.85. The predicted molar refractivity (Wildman–Crippen MR) is 68.2 cm³/mol. The fraction of sp³-hybridized carbons (Fsp3) is 0.692. The highest BCUT2D eigenvalue weighted by atomic mass is 16.1. The van der Waals surface area contributed by atoms with E-state index in [4.69, 9.17) is 5.73 Å². The van der Waals surface area contributed by atoms with Crippen LogP contribution >= 0.6 is 0 Å². The summed E-state index contributed by atoms with van der Waals surface area (Å²) in [4.78, 5) is 19.6. The molecule has 4 heteroatoms. The lowest BCUT2D eigenvalue weighted by Gasteiger charge is -2.12. The second-order valence-electron chi connectivity index (χ2n) is 4.75. The van der Waals surface area contributed by atoms with Crippen molar-refractivity contribution in [3.05, 3.63) is 27.4 Å². The van der Waals surface area contributed by atoms with Gasteiger partial charge in [0, 0.05) is 11.5 Å². The van der Waals surface area contributed by atoms with E-state index in [2.05, 4.69) is 9.97 Å². The van der Waals surface area contributed by atoms with Crippen molar-refractivity contribution in [2.45, 2.75) is 51.4 Å². The number of rotatable bonds is 4. The third-order valence-corrected chi connectivity index (χ3v) is 3.59. The van der Waals surface area contributed by atoms with Gasteiger partial charge in [-0.1, -0.05) is 19.8 Å². The lowest BCUT2D eigenvalue weighted by Crippen LogP contribution is -2.23. The van der Waals surface area contributed by atoms with Crippen molar-refractivity contribution in [2.75, 3.05) is 6.54 Å². The van der Waals surface area contributed by atoms with Gasteiger partial charge in [0.15, 0.2) is 0 Å². The van der Waals surface area contributed by atoms with Gasteiger partial charge in [-0.25, -0.2) is 4.98 Å². The quantitative estimate of drug-likeness (QED) is 0.830. The first-order chi connectivity index (χ1) is 8.26. The monoisotopic (exact) mass is 235 g/mol. The number of H-pyrrole nitrogens is 1. The van der Waals surface area contributed by atoms with Crippen molar-refractivity contribution in [3.8, 4) is 0 Å². The van der Waals surface area contributed by atoms with E-state index in [1.807, 2.05) is 6.92 Å². The van der Waals surface area contributed by atoms with Crippen LogP contribution < -0.4 is 11.3 Å². The van der Waals surface area contributed by atoms with Gasteiger partial charge < -0.3 is 10.7 Å². The molecule has 1 saturated carbocycles. The number of hydrogen-bond acceptors (Lipinski definition) is 3. The number of nitrogens with one attached hydrogen (secondary N) is 1. The molecule has 3 N–H and O–H groups in total. The summed E-state index contributed by atoms with van der Waals surface area (Å²) in [6.45, 7) is 2.54. The minimum absolute atomic E-state index is 0.0178. The summed E-state index contributed by atoms with van der Waals surface area (Å²) in [5, 5.41) is 0. The Labute approximate surface area is 102 Å². The Balaban J connectivity index is 2.36. The highest BCUT2D eigenvalue weighted by Crippen LogP contribution is 2.31. The summed E-state index contributed by atoms with van der Waals surface area (Å²) in [6.07, 6.45) is 6.24. The van der Waals surface area contributed by atoms with Crippen LogP contribution in [-0.4, -0.2) is 16.5 Å². The minimum Gasteiger partial charge on any atom is -0.330 e. The Morgan fingerprint density at radius 2 is 2.12 bits per heavy atom. The molecule has 0 aliphatic heterocycles.